The molecule has 0 radical (unpaired) electrons. The molecule has 1 aromatic heterocycles. The second kappa shape index (κ2) is 13.1. The summed E-state index contributed by atoms with van der Waals surface area (Å²) in [5.41, 5.74) is 1.45. The summed E-state index contributed by atoms with van der Waals surface area (Å²) in [4.78, 5) is 27.6. The summed E-state index contributed by atoms with van der Waals surface area (Å²) in [5, 5.41) is 11.8. The number of halogens is 2. The Morgan fingerprint density at radius 1 is 1.02 bits per heavy atom. The van der Waals surface area contributed by atoms with E-state index in [4.69, 9.17) is 20.8 Å². The smallest absolute Gasteiger partial charge is 0.267 e. The number of thioether (sulfide) groups is 1. The van der Waals surface area contributed by atoms with Crippen molar-refractivity contribution in [2.75, 3.05) is 11.9 Å². The largest absolute Gasteiger partial charge is 0.483 e. The number of benzene rings is 3. The quantitative estimate of drug-likeness (QED) is 0.135. The van der Waals surface area contributed by atoms with Crippen molar-refractivity contribution in [3.8, 4) is 5.75 Å². The third kappa shape index (κ3) is 7.30. The average molecular weight is 589 g/mol. The Labute approximate surface area is 244 Å². The van der Waals surface area contributed by atoms with Gasteiger partial charge in [-0.1, -0.05) is 48.0 Å². The predicted molar refractivity (Wildman–Crippen MR) is 158 cm³/mol. The first-order valence-electron chi connectivity index (χ1n) is 12.3. The first kappa shape index (κ1) is 27.9. The maximum absolute atomic E-state index is 14.0. The standard InChI is InChI=1S/C30H22ClFN4O4S/c31-22-11-13-23(14-12-22)34-28(37)19-40-26-10-4-2-6-20(26)16-27-29(38)36(18-24-8-5-15-39-24)30(41-27)35-33-17-21-7-1-3-9-25(21)32/h1-17H,18-19H2,(H,34,37)/b27-16-,33-17-,35-30+. The molecule has 0 bridgehead atoms. The van der Waals surface area contributed by atoms with Gasteiger partial charge in [0.25, 0.3) is 11.8 Å². The highest BCUT2D eigenvalue weighted by Crippen LogP contribution is 2.35. The Kier molecular flexibility index (Phi) is 8.92. The van der Waals surface area contributed by atoms with Crippen LogP contribution in [0.25, 0.3) is 6.08 Å². The molecule has 1 saturated heterocycles. The van der Waals surface area contributed by atoms with Gasteiger partial charge in [0, 0.05) is 21.8 Å². The Hall–Kier alpha value is -4.67. The van der Waals surface area contributed by atoms with E-state index in [1.807, 2.05) is 0 Å². The molecule has 206 valence electrons. The molecule has 1 aliphatic rings. The van der Waals surface area contributed by atoms with Crippen LogP contribution >= 0.6 is 23.4 Å². The number of hydrogen-bond acceptors (Lipinski definition) is 7. The number of rotatable bonds is 9. The van der Waals surface area contributed by atoms with Crippen molar-refractivity contribution < 1.29 is 23.1 Å². The lowest BCUT2D eigenvalue weighted by atomic mass is 10.2. The molecule has 0 spiro atoms. The van der Waals surface area contributed by atoms with Crippen molar-refractivity contribution in [2.45, 2.75) is 6.54 Å². The molecular formula is C30H22ClFN4O4S. The van der Waals surface area contributed by atoms with E-state index < -0.39 is 5.82 Å². The SMILES string of the molecule is O=C(COc1ccccc1/C=C1\S/C(=N/N=C\c2ccccc2F)N(Cc2ccco2)C1=O)Nc1ccc(Cl)cc1. The Bertz CT molecular complexity index is 1640. The van der Waals surface area contributed by atoms with E-state index in [2.05, 4.69) is 15.5 Å². The summed E-state index contributed by atoms with van der Waals surface area (Å²) in [5.74, 6) is -0.130. The molecule has 4 aromatic rings. The first-order valence-corrected chi connectivity index (χ1v) is 13.5. The number of nitrogens with zero attached hydrogens (tertiary/aromatic N) is 3. The van der Waals surface area contributed by atoms with Crippen LogP contribution in [-0.2, 0) is 16.1 Å². The van der Waals surface area contributed by atoms with E-state index >= 15 is 0 Å². The zero-order valence-corrected chi connectivity index (χ0v) is 22.9. The van der Waals surface area contributed by atoms with Crippen molar-refractivity contribution in [3.63, 3.8) is 0 Å². The van der Waals surface area contributed by atoms with Crippen LogP contribution in [0.5, 0.6) is 5.75 Å². The maximum atomic E-state index is 14.0. The van der Waals surface area contributed by atoms with Gasteiger partial charge >= 0.3 is 0 Å². The van der Waals surface area contributed by atoms with Crippen LogP contribution in [0.1, 0.15) is 16.9 Å². The van der Waals surface area contributed by atoms with Gasteiger partial charge in [0.15, 0.2) is 11.8 Å². The van der Waals surface area contributed by atoms with Crippen LogP contribution in [0.15, 0.2) is 111 Å². The number of anilines is 1. The van der Waals surface area contributed by atoms with Crippen LogP contribution < -0.4 is 10.1 Å². The molecule has 41 heavy (non-hydrogen) atoms. The number of nitrogens with one attached hydrogen (secondary N) is 1. The normalized spacial score (nSPS) is 15.3. The van der Waals surface area contributed by atoms with E-state index in [0.717, 1.165) is 11.8 Å². The first-order chi connectivity index (χ1) is 20.0. The van der Waals surface area contributed by atoms with Crippen LogP contribution in [0.3, 0.4) is 0 Å². The second-order valence-electron chi connectivity index (χ2n) is 8.61. The molecule has 0 atom stereocenters. The van der Waals surface area contributed by atoms with Gasteiger partial charge in [-0.2, -0.15) is 5.10 Å². The molecule has 0 unspecified atom stereocenters. The number of amidine groups is 1. The van der Waals surface area contributed by atoms with Gasteiger partial charge in [-0.3, -0.25) is 14.5 Å². The molecule has 0 saturated carbocycles. The third-order valence-electron chi connectivity index (χ3n) is 5.72. The minimum absolute atomic E-state index is 0.132. The minimum atomic E-state index is -0.432. The highest BCUT2D eigenvalue weighted by molar-refractivity contribution is 8.18. The molecule has 3 aromatic carbocycles. The number of hydrogen-bond donors (Lipinski definition) is 1. The van der Waals surface area contributed by atoms with Gasteiger partial charge < -0.3 is 14.5 Å². The molecule has 1 aliphatic heterocycles. The monoisotopic (exact) mass is 588 g/mol. The fourth-order valence-corrected chi connectivity index (χ4v) is 4.80. The number of ether oxygens (including phenoxy) is 1. The molecular weight excluding hydrogens is 567 g/mol. The summed E-state index contributed by atoms with van der Waals surface area (Å²) in [7, 11) is 0. The van der Waals surface area contributed by atoms with E-state index in [1.54, 1.807) is 84.9 Å². The van der Waals surface area contributed by atoms with Crippen molar-refractivity contribution in [2.24, 2.45) is 10.2 Å². The number of amides is 2. The van der Waals surface area contributed by atoms with Crippen molar-refractivity contribution in [1.82, 2.24) is 4.90 Å². The molecule has 0 aliphatic carbocycles. The van der Waals surface area contributed by atoms with E-state index in [9.17, 15) is 14.0 Å². The Balaban J connectivity index is 1.34. The number of carbonyl (C=O) groups excluding carboxylic acids is 2. The minimum Gasteiger partial charge on any atom is -0.483 e. The zero-order valence-electron chi connectivity index (χ0n) is 21.4. The molecule has 5 rings (SSSR count). The lowest BCUT2D eigenvalue weighted by Crippen LogP contribution is -2.28. The molecule has 1 N–H and O–H groups in total. The average Bonchev–Trinajstić information content (AvgIpc) is 3.59. The van der Waals surface area contributed by atoms with Gasteiger partial charge in [0.1, 0.15) is 17.3 Å². The van der Waals surface area contributed by atoms with Crippen molar-refractivity contribution >= 4 is 58.3 Å². The summed E-state index contributed by atoms with van der Waals surface area (Å²) >= 11 is 7.00. The zero-order chi connectivity index (χ0) is 28.6. The fourth-order valence-electron chi connectivity index (χ4n) is 3.75. The lowest BCUT2D eigenvalue weighted by Gasteiger charge is -2.12. The van der Waals surface area contributed by atoms with Gasteiger partial charge in [-0.15, -0.1) is 5.10 Å². The lowest BCUT2D eigenvalue weighted by molar-refractivity contribution is -0.122. The molecule has 2 heterocycles. The fraction of sp³-hybridized carbons (Fsp3) is 0.0667. The second-order valence-corrected chi connectivity index (χ2v) is 10.1. The van der Waals surface area contributed by atoms with Crippen LogP contribution in [-0.4, -0.2) is 34.7 Å². The Morgan fingerprint density at radius 2 is 1.78 bits per heavy atom. The predicted octanol–water partition coefficient (Wildman–Crippen LogP) is 6.60. The molecule has 1 fully saturated rings. The van der Waals surface area contributed by atoms with Gasteiger partial charge in [-0.05, 0) is 66.4 Å². The maximum Gasteiger partial charge on any atom is 0.267 e. The summed E-state index contributed by atoms with van der Waals surface area (Å²) in [6, 6.07) is 23.4. The third-order valence-corrected chi connectivity index (χ3v) is 6.97. The summed E-state index contributed by atoms with van der Waals surface area (Å²) < 4.78 is 25.2. The van der Waals surface area contributed by atoms with E-state index in [1.165, 1.54) is 23.4 Å². The van der Waals surface area contributed by atoms with Crippen molar-refractivity contribution in [1.29, 1.82) is 0 Å². The van der Waals surface area contributed by atoms with Crippen LogP contribution in [0.4, 0.5) is 10.1 Å². The topological polar surface area (TPSA) is 96.5 Å². The Morgan fingerprint density at radius 3 is 2.54 bits per heavy atom. The summed E-state index contributed by atoms with van der Waals surface area (Å²) in [6.45, 7) is -0.112. The molecule has 8 nitrogen and oxygen atoms in total. The molecule has 11 heteroatoms. The highest BCUT2D eigenvalue weighted by Gasteiger charge is 2.34. The van der Waals surface area contributed by atoms with Crippen LogP contribution in [0.2, 0.25) is 5.02 Å². The number of carbonyl (C=O) groups is 2. The highest BCUT2D eigenvalue weighted by atomic mass is 35.5. The molecule has 2 amide bonds. The summed E-state index contributed by atoms with van der Waals surface area (Å²) in [6.07, 6.45) is 4.47. The van der Waals surface area contributed by atoms with Crippen LogP contribution in [0, 0.1) is 5.82 Å². The van der Waals surface area contributed by atoms with Crippen molar-refractivity contribution in [3.05, 3.63) is 124 Å². The van der Waals surface area contributed by atoms with Gasteiger partial charge in [0.05, 0.1) is 23.9 Å². The van der Waals surface area contributed by atoms with Gasteiger partial charge in [-0.25, -0.2) is 4.39 Å². The number of furan rings is 1. The van der Waals surface area contributed by atoms with E-state index in [0.29, 0.717) is 37.9 Å². The van der Waals surface area contributed by atoms with E-state index in [-0.39, 0.29) is 30.5 Å². The number of para-hydroxylation sites is 1. The van der Waals surface area contributed by atoms with Gasteiger partial charge in [0.2, 0.25) is 0 Å².